The van der Waals surface area contributed by atoms with Crippen molar-refractivity contribution in [3.8, 4) is 0 Å². The Labute approximate surface area is 140 Å². The van der Waals surface area contributed by atoms with E-state index in [1.54, 1.807) is 0 Å². The topological polar surface area (TPSA) is 59.6 Å². The molecule has 2 rings (SSSR count). The van der Waals surface area contributed by atoms with Gasteiger partial charge in [0.2, 0.25) is 5.91 Å². The Morgan fingerprint density at radius 2 is 2.23 bits per heavy atom. The van der Waals surface area contributed by atoms with Gasteiger partial charge in [0.15, 0.2) is 0 Å². The number of hydrogen-bond acceptors (Lipinski definition) is 4. The highest BCUT2D eigenvalue weighted by molar-refractivity contribution is 5.85. The molecule has 0 spiro atoms. The summed E-state index contributed by atoms with van der Waals surface area (Å²) in [5.41, 5.74) is 0. The summed E-state index contributed by atoms with van der Waals surface area (Å²) in [6, 6.07) is 0.0646. The fourth-order valence-corrected chi connectivity index (χ4v) is 3.12. The standard InChI is InChI=1S/C16H30N2O3.ClH/c1-12(14-4-3-6-17-9-14)8-16(19)18-13(2)10-21-15-5-7-20-11-15;/h12-15,17H,3-11H2,1-2H3,(H,18,19);1H. The van der Waals surface area contributed by atoms with Crippen molar-refractivity contribution in [1.82, 2.24) is 10.6 Å². The van der Waals surface area contributed by atoms with Crippen molar-refractivity contribution in [3.63, 3.8) is 0 Å². The first kappa shape index (κ1) is 19.7. The van der Waals surface area contributed by atoms with E-state index in [9.17, 15) is 4.79 Å². The summed E-state index contributed by atoms with van der Waals surface area (Å²) >= 11 is 0. The lowest BCUT2D eigenvalue weighted by atomic mass is 9.85. The Kier molecular flexibility index (Phi) is 9.33. The molecule has 4 atom stereocenters. The smallest absolute Gasteiger partial charge is 0.220 e. The van der Waals surface area contributed by atoms with Gasteiger partial charge < -0.3 is 20.1 Å². The van der Waals surface area contributed by atoms with E-state index in [0.717, 1.165) is 26.1 Å². The molecule has 0 aromatic heterocycles. The maximum absolute atomic E-state index is 12.1. The number of amides is 1. The van der Waals surface area contributed by atoms with Gasteiger partial charge in [0, 0.05) is 19.1 Å². The van der Waals surface area contributed by atoms with E-state index in [2.05, 4.69) is 17.6 Å². The maximum atomic E-state index is 12.1. The zero-order valence-electron chi connectivity index (χ0n) is 13.8. The van der Waals surface area contributed by atoms with Crippen LogP contribution in [0.25, 0.3) is 0 Å². The summed E-state index contributed by atoms with van der Waals surface area (Å²) in [4.78, 5) is 12.1. The van der Waals surface area contributed by atoms with Crippen LogP contribution in [0.3, 0.4) is 0 Å². The summed E-state index contributed by atoms with van der Waals surface area (Å²) in [6.45, 7) is 8.40. The van der Waals surface area contributed by atoms with Crippen LogP contribution in [0, 0.1) is 11.8 Å². The summed E-state index contributed by atoms with van der Waals surface area (Å²) in [5, 5.41) is 6.47. The van der Waals surface area contributed by atoms with Gasteiger partial charge in [-0.25, -0.2) is 0 Å². The molecular weight excluding hydrogens is 304 g/mol. The highest BCUT2D eigenvalue weighted by Crippen LogP contribution is 2.22. The van der Waals surface area contributed by atoms with Gasteiger partial charge in [-0.15, -0.1) is 12.4 Å². The van der Waals surface area contributed by atoms with Crippen LogP contribution in [0.4, 0.5) is 0 Å². The largest absolute Gasteiger partial charge is 0.379 e. The summed E-state index contributed by atoms with van der Waals surface area (Å²) in [6.07, 6.45) is 4.25. The van der Waals surface area contributed by atoms with Gasteiger partial charge in [0.25, 0.3) is 0 Å². The van der Waals surface area contributed by atoms with Gasteiger partial charge in [0.05, 0.1) is 19.3 Å². The Balaban J connectivity index is 0.00000242. The molecule has 4 unspecified atom stereocenters. The fraction of sp³-hybridized carbons (Fsp3) is 0.938. The number of nitrogens with one attached hydrogen (secondary N) is 2. The van der Waals surface area contributed by atoms with Crippen LogP contribution in [0.15, 0.2) is 0 Å². The molecule has 22 heavy (non-hydrogen) atoms. The molecule has 2 aliphatic heterocycles. The zero-order valence-corrected chi connectivity index (χ0v) is 14.6. The number of carbonyl (C=O) groups is 1. The van der Waals surface area contributed by atoms with Gasteiger partial charge in [-0.2, -0.15) is 0 Å². The molecule has 6 heteroatoms. The Morgan fingerprint density at radius 3 is 2.86 bits per heavy atom. The fourth-order valence-electron chi connectivity index (χ4n) is 3.12. The quantitative estimate of drug-likeness (QED) is 0.744. The van der Waals surface area contributed by atoms with Crippen LogP contribution in [-0.4, -0.2) is 51.0 Å². The van der Waals surface area contributed by atoms with E-state index in [1.165, 1.54) is 12.8 Å². The average Bonchev–Trinajstić information content (AvgIpc) is 2.99. The molecule has 5 nitrogen and oxygen atoms in total. The Bertz CT molecular complexity index is 319. The maximum Gasteiger partial charge on any atom is 0.220 e. The number of halogens is 1. The molecule has 2 aliphatic rings. The van der Waals surface area contributed by atoms with Crippen LogP contribution in [-0.2, 0) is 14.3 Å². The first-order valence-corrected chi connectivity index (χ1v) is 8.34. The molecule has 0 aromatic rings. The number of rotatable bonds is 7. The van der Waals surface area contributed by atoms with Gasteiger partial charge in [-0.1, -0.05) is 6.92 Å². The summed E-state index contributed by atoms with van der Waals surface area (Å²) < 4.78 is 11.0. The van der Waals surface area contributed by atoms with Crippen molar-refractivity contribution in [2.24, 2.45) is 11.8 Å². The molecule has 0 radical (unpaired) electrons. The molecule has 0 bridgehead atoms. The molecule has 0 aromatic carbocycles. The lowest BCUT2D eigenvalue weighted by Crippen LogP contribution is -2.39. The Hall–Kier alpha value is -0.360. The second-order valence-electron chi connectivity index (χ2n) is 6.58. The van der Waals surface area contributed by atoms with E-state index in [-0.39, 0.29) is 30.5 Å². The minimum absolute atomic E-state index is 0. The second-order valence-corrected chi connectivity index (χ2v) is 6.58. The van der Waals surface area contributed by atoms with Crippen LogP contribution in [0.2, 0.25) is 0 Å². The molecule has 0 saturated carbocycles. The van der Waals surface area contributed by atoms with E-state index < -0.39 is 0 Å². The van der Waals surface area contributed by atoms with E-state index in [4.69, 9.17) is 9.47 Å². The number of hydrogen-bond donors (Lipinski definition) is 2. The third-order valence-electron chi connectivity index (χ3n) is 4.52. The third-order valence-corrected chi connectivity index (χ3v) is 4.52. The van der Waals surface area contributed by atoms with Crippen molar-refractivity contribution in [2.75, 3.05) is 32.9 Å². The number of piperidine rings is 1. The van der Waals surface area contributed by atoms with Gasteiger partial charge in [-0.3, -0.25) is 4.79 Å². The van der Waals surface area contributed by atoms with E-state index >= 15 is 0 Å². The van der Waals surface area contributed by atoms with Gasteiger partial charge in [0.1, 0.15) is 0 Å². The normalized spacial score (nSPS) is 27.7. The molecular formula is C16H31ClN2O3. The van der Waals surface area contributed by atoms with Crippen molar-refractivity contribution >= 4 is 18.3 Å². The zero-order chi connectivity index (χ0) is 15.1. The SMILES string of the molecule is CC(COC1CCOC1)NC(=O)CC(C)C1CCCNC1.Cl. The van der Waals surface area contributed by atoms with Crippen LogP contribution < -0.4 is 10.6 Å². The van der Waals surface area contributed by atoms with Gasteiger partial charge in [-0.05, 0) is 51.1 Å². The predicted octanol–water partition coefficient (Wildman–Crippen LogP) is 1.74. The molecule has 130 valence electrons. The third kappa shape index (κ3) is 6.82. The summed E-state index contributed by atoms with van der Waals surface area (Å²) in [7, 11) is 0. The minimum Gasteiger partial charge on any atom is -0.379 e. The summed E-state index contributed by atoms with van der Waals surface area (Å²) in [5.74, 6) is 1.22. The molecule has 1 amide bonds. The predicted molar refractivity (Wildman–Crippen MR) is 89.4 cm³/mol. The lowest BCUT2D eigenvalue weighted by molar-refractivity contribution is -0.123. The molecule has 2 fully saturated rings. The first-order chi connectivity index (χ1) is 10.1. The van der Waals surface area contributed by atoms with Crippen LogP contribution in [0.5, 0.6) is 0 Å². The van der Waals surface area contributed by atoms with E-state index in [0.29, 0.717) is 31.5 Å². The van der Waals surface area contributed by atoms with Crippen molar-refractivity contribution < 1.29 is 14.3 Å². The Morgan fingerprint density at radius 1 is 1.41 bits per heavy atom. The highest BCUT2D eigenvalue weighted by atomic mass is 35.5. The molecule has 2 saturated heterocycles. The van der Waals surface area contributed by atoms with E-state index in [1.807, 2.05) is 6.92 Å². The number of ether oxygens (including phenoxy) is 2. The minimum atomic E-state index is 0. The van der Waals surface area contributed by atoms with Crippen molar-refractivity contribution in [1.29, 1.82) is 0 Å². The van der Waals surface area contributed by atoms with Crippen molar-refractivity contribution in [2.45, 2.75) is 51.7 Å². The van der Waals surface area contributed by atoms with Crippen LogP contribution >= 0.6 is 12.4 Å². The number of carbonyl (C=O) groups excluding carboxylic acids is 1. The monoisotopic (exact) mass is 334 g/mol. The average molecular weight is 335 g/mol. The van der Waals surface area contributed by atoms with Gasteiger partial charge >= 0.3 is 0 Å². The highest BCUT2D eigenvalue weighted by Gasteiger charge is 2.23. The van der Waals surface area contributed by atoms with Crippen molar-refractivity contribution in [3.05, 3.63) is 0 Å². The lowest BCUT2D eigenvalue weighted by Gasteiger charge is -2.28. The first-order valence-electron chi connectivity index (χ1n) is 8.34. The molecule has 0 aliphatic carbocycles. The second kappa shape index (κ2) is 10.4. The molecule has 2 N–H and O–H groups in total. The molecule has 2 heterocycles. The van der Waals surface area contributed by atoms with Crippen LogP contribution in [0.1, 0.15) is 39.5 Å².